The van der Waals surface area contributed by atoms with E-state index in [1.54, 1.807) is 11.8 Å². The first-order chi connectivity index (χ1) is 10.1. The summed E-state index contributed by atoms with van der Waals surface area (Å²) in [5, 5.41) is 0. The molecule has 0 aliphatic carbocycles. The van der Waals surface area contributed by atoms with Gasteiger partial charge in [-0.2, -0.15) is 0 Å². The van der Waals surface area contributed by atoms with Gasteiger partial charge in [0, 0.05) is 24.5 Å². The van der Waals surface area contributed by atoms with Crippen LogP contribution in [-0.4, -0.2) is 48.6 Å². The van der Waals surface area contributed by atoms with E-state index in [2.05, 4.69) is 42.3 Å². The Morgan fingerprint density at radius 2 is 1.90 bits per heavy atom. The van der Waals surface area contributed by atoms with Gasteiger partial charge in [0.25, 0.3) is 0 Å². The molecule has 4 heteroatoms. The second-order valence-electron chi connectivity index (χ2n) is 6.08. The van der Waals surface area contributed by atoms with Gasteiger partial charge in [-0.15, -0.1) is 11.8 Å². The minimum atomic E-state index is 0.269. The van der Waals surface area contributed by atoms with Crippen molar-refractivity contribution in [1.82, 2.24) is 9.80 Å². The third kappa shape index (κ3) is 5.04. The zero-order valence-electron chi connectivity index (χ0n) is 13.3. The minimum absolute atomic E-state index is 0.269. The highest BCUT2D eigenvalue weighted by Gasteiger charge is 2.20. The van der Waals surface area contributed by atoms with Gasteiger partial charge in [-0.1, -0.05) is 19.1 Å². The van der Waals surface area contributed by atoms with Gasteiger partial charge in [0.05, 0.1) is 6.54 Å². The fraction of sp³-hybridized carbons (Fsp3) is 0.588. The van der Waals surface area contributed by atoms with Crippen LogP contribution in [0.2, 0.25) is 0 Å². The Bertz CT molecular complexity index is 452. The Kier molecular flexibility index (Phi) is 6.12. The zero-order chi connectivity index (χ0) is 15.2. The van der Waals surface area contributed by atoms with Crippen LogP contribution in [0.4, 0.5) is 0 Å². The molecule has 0 radical (unpaired) electrons. The molecule has 0 N–H and O–H groups in total. The molecular weight excluding hydrogens is 280 g/mol. The van der Waals surface area contributed by atoms with E-state index in [-0.39, 0.29) is 5.91 Å². The lowest BCUT2D eigenvalue weighted by Crippen LogP contribution is -2.42. The minimum Gasteiger partial charge on any atom is -0.342 e. The van der Waals surface area contributed by atoms with Crippen LogP contribution < -0.4 is 0 Å². The summed E-state index contributed by atoms with van der Waals surface area (Å²) in [5.74, 6) is 1.03. The van der Waals surface area contributed by atoms with E-state index in [1.807, 2.05) is 11.9 Å². The number of hydrogen-bond acceptors (Lipinski definition) is 3. The van der Waals surface area contributed by atoms with E-state index < -0.39 is 0 Å². The summed E-state index contributed by atoms with van der Waals surface area (Å²) >= 11 is 1.75. The standard InChI is InChI=1S/C17H26N2OS/c1-14-8-10-19(11-9-14)17(20)13-18(2)12-15-4-6-16(21-3)7-5-15/h4-7,14H,8-13H2,1-3H3. The Morgan fingerprint density at radius 1 is 1.29 bits per heavy atom. The molecule has 2 rings (SSSR count). The molecule has 1 aliphatic rings. The van der Waals surface area contributed by atoms with Crippen molar-refractivity contribution in [3.05, 3.63) is 29.8 Å². The summed E-state index contributed by atoms with van der Waals surface area (Å²) in [6.45, 7) is 5.46. The molecule has 1 fully saturated rings. The quantitative estimate of drug-likeness (QED) is 0.781. The maximum Gasteiger partial charge on any atom is 0.236 e. The van der Waals surface area contributed by atoms with Crippen LogP contribution in [-0.2, 0) is 11.3 Å². The van der Waals surface area contributed by atoms with E-state index in [4.69, 9.17) is 0 Å². The van der Waals surface area contributed by atoms with Crippen molar-refractivity contribution < 1.29 is 4.79 Å². The van der Waals surface area contributed by atoms with Crippen molar-refractivity contribution >= 4 is 17.7 Å². The highest BCUT2D eigenvalue weighted by molar-refractivity contribution is 7.98. The SMILES string of the molecule is CSc1ccc(CN(C)CC(=O)N2CCC(C)CC2)cc1. The van der Waals surface area contributed by atoms with Crippen LogP contribution in [0, 0.1) is 5.92 Å². The van der Waals surface area contributed by atoms with Gasteiger partial charge in [-0.25, -0.2) is 0 Å². The number of hydrogen-bond donors (Lipinski definition) is 0. The van der Waals surface area contributed by atoms with Crippen LogP contribution in [0.15, 0.2) is 29.2 Å². The summed E-state index contributed by atoms with van der Waals surface area (Å²) in [7, 11) is 2.02. The summed E-state index contributed by atoms with van der Waals surface area (Å²) in [4.78, 5) is 17.7. The smallest absolute Gasteiger partial charge is 0.236 e. The Morgan fingerprint density at radius 3 is 2.48 bits per heavy atom. The van der Waals surface area contributed by atoms with Crippen LogP contribution >= 0.6 is 11.8 Å². The lowest BCUT2D eigenvalue weighted by Gasteiger charge is -2.31. The van der Waals surface area contributed by atoms with Crippen molar-refractivity contribution in [2.75, 3.05) is 32.9 Å². The average Bonchev–Trinajstić information content (AvgIpc) is 2.48. The number of likely N-dealkylation sites (N-methyl/N-ethyl adjacent to an activating group) is 1. The number of benzene rings is 1. The molecule has 1 amide bonds. The molecule has 0 spiro atoms. The maximum absolute atomic E-state index is 12.3. The number of nitrogens with zero attached hydrogens (tertiary/aromatic N) is 2. The third-order valence-corrected chi connectivity index (χ3v) is 4.90. The molecule has 1 aliphatic heterocycles. The molecule has 1 aromatic carbocycles. The molecule has 1 saturated heterocycles. The molecule has 0 bridgehead atoms. The fourth-order valence-corrected chi connectivity index (χ4v) is 3.10. The summed E-state index contributed by atoms with van der Waals surface area (Å²) in [6.07, 6.45) is 4.37. The van der Waals surface area contributed by atoms with E-state index in [1.165, 1.54) is 10.5 Å². The van der Waals surface area contributed by atoms with Crippen molar-refractivity contribution in [1.29, 1.82) is 0 Å². The van der Waals surface area contributed by atoms with Crippen molar-refractivity contribution in [3.63, 3.8) is 0 Å². The van der Waals surface area contributed by atoms with E-state index in [0.29, 0.717) is 6.54 Å². The number of carbonyl (C=O) groups excluding carboxylic acids is 1. The van der Waals surface area contributed by atoms with Gasteiger partial charge in [-0.3, -0.25) is 9.69 Å². The van der Waals surface area contributed by atoms with Gasteiger partial charge in [0.1, 0.15) is 0 Å². The first-order valence-electron chi connectivity index (χ1n) is 7.67. The largest absolute Gasteiger partial charge is 0.342 e. The number of piperidine rings is 1. The number of carbonyl (C=O) groups is 1. The summed E-state index contributed by atoms with van der Waals surface area (Å²) in [5.41, 5.74) is 1.26. The van der Waals surface area contributed by atoms with E-state index in [0.717, 1.165) is 38.4 Å². The average molecular weight is 306 g/mol. The Balaban J connectivity index is 1.80. The zero-order valence-corrected chi connectivity index (χ0v) is 14.2. The first-order valence-corrected chi connectivity index (χ1v) is 8.90. The van der Waals surface area contributed by atoms with E-state index >= 15 is 0 Å². The van der Waals surface area contributed by atoms with Gasteiger partial charge in [-0.05, 0) is 49.8 Å². The van der Waals surface area contributed by atoms with Crippen molar-refractivity contribution in [2.45, 2.75) is 31.2 Å². The predicted octanol–water partition coefficient (Wildman–Crippen LogP) is 3.10. The van der Waals surface area contributed by atoms with Gasteiger partial charge < -0.3 is 4.90 Å². The van der Waals surface area contributed by atoms with Crippen molar-refractivity contribution in [2.24, 2.45) is 5.92 Å². The molecule has 3 nitrogen and oxygen atoms in total. The molecule has 1 aromatic rings. The van der Waals surface area contributed by atoms with Crippen LogP contribution in [0.3, 0.4) is 0 Å². The fourth-order valence-electron chi connectivity index (χ4n) is 2.69. The molecule has 0 aromatic heterocycles. The van der Waals surface area contributed by atoms with E-state index in [9.17, 15) is 4.79 Å². The molecular formula is C17H26N2OS. The molecule has 1 heterocycles. The van der Waals surface area contributed by atoms with Crippen LogP contribution in [0.1, 0.15) is 25.3 Å². The molecule has 0 atom stereocenters. The lowest BCUT2D eigenvalue weighted by atomic mass is 9.99. The predicted molar refractivity (Wildman–Crippen MR) is 89.5 cm³/mol. The maximum atomic E-state index is 12.3. The highest BCUT2D eigenvalue weighted by atomic mass is 32.2. The van der Waals surface area contributed by atoms with Gasteiger partial charge in [0.2, 0.25) is 5.91 Å². The lowest BCUT2D eigenvalue weighted by molar-refractivity contribution is -0.133. The number of likely N-dealkylation sites (tertiary alicyclic amines) is 1. The Hall–Kier alpha value is -1.00. The van der Waals surface area contributed by atoms with Crippen LogP contribution in [0.5, 0.6) is 0 Å². The van der Waals surface area contributed by atoms with Crippen LogP contribution in [0.25, 0.3) is 0 Å². The third-order valence-electron chi connectivity index (χ3n) is 4.15. The number of thioether (sulfide) groups is 1. The highest BCUT2D eigenvalue weighted by Crippen LogP contribution is 2.17. The second-order valence-corrected chi connectivity index (χ2v) is 6.96. The summed E-state index contributed by atoms with van der Waals surface area (Å²) in [6, 6.07) is 8.58. The molecule has 0 saturated carbocycles. The Labute approximate surface area is 132 Å². The van der Waals surface area contributed by atoms with Gasteiger partial charge >= 0.3 is 0 Å². The van der Waals surface area contributed by atoms with Crippen molar-refractivity contribution in [3.8, 4) is 0 Å². The summed E-state index contributed by atoms with van der Waals surface area (Å²) < 4.78 is 0. The molecule has 0 unspecified atom stereocenters. The number of amides is 1. The topological polar surface area (TPSA) is 23.6 Å². The first kappa shape index (κ1) is 16.4. The monoisotopic (exact) mass is 306 g/mol. The molecule has 116 valence electrons. The second kappa shape index (κ2) is 7.85. The van der Waals surface area contributed by atoms with Gasteiger partial charge in [0.15, 0.2) is 0 Å². The molecule has 21 heavy (non-hydrogen) atoms. The normalized spacial score (nSPS) is 16.5. The number of rotatable bonds is 5.